The van der Waals surface area contributed by atoms with Crippen LogP contribution in [0, 0.1) is 11.3 Å². The Balaban J connectivity index is 2.11. The van der Waals surface area contributed by atoms with Gasteiger partial charge in [0.2, 0.25) is 5.88 Å². The van der Waals surface area contributed by atoms with Crippen molar-refractivity contribution in [2.24, 2.45) is 5.73 Å². The van der Waals surface area contributed by atoms with Crippen LogP contribution in [0.4, 0.5) is 5.69 Å². The zero-order valence-corrected chi connectivity index (χ0v) is 15.5. The van der Waals surface area contributed by atoms with Crippen molar-refractivity contribution in [2.45, 2.75) is 26.2 Å². The van der Waals surface area contributed by atoms with Gasteiger partial charge in [0, 0.05) is 17.3 Å². The number of benzene rings is 2. The van der Waals surface area contributed by atoms with Crippen molar-refractivity contribution in [3.8, 4) is 23.3 Å². The number of nitrogen functional groups attached to an aromatic ring is 1. The summed E-state index contributed by atoms with van der Waals surface area (Å²) in [4.78, 5) is 0. The molecule has 0 saturated carbocycles. The van der Waals surface area contributed by atoms with E-state index < -0.39 is 0 Å². The quantitative estimate of drug-likeness (QED) is 0.757. The first kappa shape index (κ1) is 18.5. The van der Waals surface area contributed by atoms with Gasteiger partial charge in [0.05, 0.1) is 19.1 Å². The number of hydrogen-bond acceptors (Lipinski definition) is 6. The zero-order valence-electron chi connectivity index (χ0n) is 15.5. The Kier molecular flexibility index (Phi) is 5.41. The Labute approximate surface area is 158 Å². The summed E-state index contributed by atoms with van der Waals surface area (Å²) in [6, 6.07) is 13.2. The largest absolute Gasteiger partial charge is 0.490 e. The van der Waals surface area contributed by atoms with Gasteiger partial charge in [-0.05, 0) is 37.1 Å². The van der Waals surface area contributed by atoms with Crippen molar-refractivity contribution in [2.75, 3.05) is 18.9 Å². The summed E-state index contributed by atoms with van der Waals surface area (Å²) in [6.45, 7) is 5.08. The lowest BCUT2D eigenvalue weighted by atomic mass is 9.83. The Morgan fingerprint density at radius 2 is 1.89 bits per heavy atom. The smallest absolute Gasteiger partial charge is 0.205 e. The number of rotatable bonds is 6. The van der Waals surface area contributed by atoms with Gasteiger partial charge in [-0.25, -0.2) is 0 Å². The summed E-state index contributed by atoms with van der Waals surface area (Å²) in [7, 11) is 0. The van der Waals surface area contributed by atoms with E-state index in [2.05, 4.69) is 6.07 Å². The average molecular weight is 365 g/mol. The van der Waals surface area contributed by atoms with Gasteiger partial charge in [0.15, 0.2) is 11.5 Å². The minimum absolute atomic E-state index is 0.0878. The summed E-state index contributed by atoms with van der Waals surface area (Å²) in [5.74, 6) is 1.61. The molecule has 2 aromatic carbocycles. The average Bonchev–Trinajstić information content (AvgIpc) is 2.66. The fourth-order valence-electron chi connectivity index (χ4n) is 3.12. The van der Waals surface area contributed by atoms with E-state index in [1.54, 1.807) is 12.1 Å². The highest BCUT2D eigenvalue weighted by molar-refractivity contribution is 5.60. The van der Waals surface area contributed by atoms with E-state index in [1.165, 1.54) is 0 Å². The lowest BCUT2D eigenvalue weighted by Crippen LogP contribution is -2.21. The third kappa shape index (κ3) is 3.63. The fourth-order valence-corrected chi connectivity index (χ4v) is 3.12. The summed E-state index contributed by atoms with van der Waals surface area (Å²) in [5.41, 5.74) is 14.5. The Morgan fingerprint density at radius 1 is 1.07 bits per heavy atom. The van der Waals surface area contributed by atoms with Gasteiger partial charge >= 0.3 is 0 Å². The SMILES string of the molecule is CCCOc1ccc([C@H]2C(C#N)=C(N)Oc3cc(N)ccc32)cc1OCC. The van der Waals surface area contributed by atoms with Crippen LogP contribution >= 0.6 is 0 Å². The number of nitrogens with zero attached hydrogens (tertiary/aromatic N) is 1. The minimum atomic E-state index is -0.362. The van der Waals surface area contributed by atoms with Crippen LogP contribution in [-0.4, -0.2) is 13.2 Å². The molecule has 4 N–H and O–H groups in total. The molecule has 3 rings (SSSR count). The van der Waals surface area contributed by atoms with Crippen molar-refractivity contribution >= 4 is 5.69 Å². The van der Waals surface area contributed by atoms with Gasteiger partial charge in [0.25, 0.3) is 0 Å². The number of hydrogen-bond donors (Lipinski definition) is 2. The molecule has 140 valence electrons. The molecule has 0 saturated heterocycles. The van der Waals surface area contributed by atoms with E-state index in [4.69, 9.17) is 25.7 Å². The van der Waals surface area contributed by atoms with Crippen LogP contribution < -0.4 is 25.7 Å². The first-order valence-corrected chi connectivity index (χ1v) is 8.95. The fraction of sp³-hybridized carbons (Fsp3) is 0.286. The predicted molar refractivity (Wildman–Crippen MR) is 104 cm³/mol. The Hall–Kier alpha value is -3.33. The van der Waals surface area contributed by atoms with Gasteiger partial charge in [-0.1, -0.05) is 19.1 Å². The van der Waals surface area contributed by atoms with Gasteiger partial charge < -0.3 is 25.7 Å². The number of nitrogens with two attached hydrogens (primary N) is 2. The van der Waals surface area contributed by atoms with Crippen LogP contribution in [0.2, 0.25) is 0 Å². The zero-order chi connectivity index (χ0) is 19.4. The monoisotopic (exact) mass is 365 g/mol. The maximum atomic E-state index is 9.67. The minimum Gasteiger partial charge on any atom is -0.490 e. The maximum Gasteiger partial charge on any atom is 0.205 e. The molecule has 2 aromatic rings. The Morgan fingerprint density at radius 3 is 2.59 bits per heavy atom. The molecule has 1 aliphatic heterocycles. The summed E-state index contributed by atoms with van der Waals surface area (Å²) in [6.07, 6.45) is 0.903. The second kappa shape index (κ2) is 7.92. The molecule has 6 heteroatoms. The number of anilines is 1. The lowest BCUT2D eigenvalue weighted by Gasteiger charge is -2.27. The van der Waals surface area contributed by atoms with E-state index >= 15 is 0 Å². The van der Waals surface area contributed by atoms with E-state index in [0.29, 0.717) is 41.7 Å². The van der Waals surface area contributed by atoms with Crippen LogP contribution in [0.15, 0.2) is 47.9 Å². The maximum absolute atomic E-state index is 9.67. The molecule has 0 aromatic heterocycles. The van der Waals surface area contributed by atoms with Crippen LogP contribution in [0.1, 0.15) is 37.3 Å². The molecule has 1 heterocycles. The van der Waals surface area contributed by atoms with E-state index in [0.717, 1.165) is 17.5 Å². The highest BCUT2D eigenvalue weighted by atomic mass is 16.5. The highest BCUT2D eigenvalue weighted by Crippen LogP contribution is 2.44. The van der Waals surface area contributed by atoms with Gasteiger partial charge in [-0.2, -0.15) is 5.26 Å². The first-order valence-electron chi connectivity index (χ1n) is 8.95. The van der Waals surface area contributed by atoms with Crippen molar-refractivity contribution in [1.29, 1.82) is 5.26 Å². The lowest BCUT2D eigenvalue weighted by molar-refractivity contribution is 0.276. The van der Waals surface area contributed by atoms with Crippen LogP contribution in [0.5, 0.6) is 17.2 Å². The van der Waals surface area contributed by atoms with Gasteiger partial charge in [0.1, 0.15) is 17.4 Å². The van der Waals surface area contributed by atoms with Gasteiger partial charge in [-0.3, -0.25) is 0 Å². The van der Waals surface area contributed by atoms with Crippen LogP contribution in [0.25, 0.3) is 0 Å². The number of allylic oxidation sites excluding steroid dienone is 1. The summed E-state index contributed by atoms with van der Waals surface area (Å²) in [5, 5.41) is 9.67. The number of nitriles is 1. The molecular formula is C21H23N3O3. The normalized spacial score (nSPS) is 15.5. The molecule has 0 radical (unpaired) electrons. The topological polar surface area (TPSA) is 104 Å². The molecule has 6 nitrogen and oxygen atoms in total. The molecule has 0 unspecified atom stereocenters. The Bertz CT molecular complexity index is 915. The molecule has 0 spiro atoms. The molecule has 0 aliphatic carbocycles. The van der Waals surface area contributed by atoms with Crippen molar-refractivity contribution < 1.29 is 14.2 Å². The molecule has 1 aliphatic rings. The standard InChI is InChI=1S/C21H23N3O3/c1-3-9-26-17-8-5-13(10-19(17)25-4-2)20-15-7-6-14(23)11-18(15)27-21(24)16(20)12-22/h5-8,10-11,20H,3-4,9,23-24H2,1-2H3/t20-/m1/s1. The molecule has 0 bridgehead atoms. The first-order chi connectivity index (χ1) is 13.1. The molecule has 0 amide bonds. The van der Waals surface area contributed by atoms with E-state index in [1.807, 2.05) is 38.1 Å². The van der Waals surface area contributed by atoms with Crippen LogP contribution in [0.3, 0.4) is 0 Å². The summed E-state index contributed by atoms with van der Waals surface area (Å²) >= 11 is 0. The van der Waals surface area contributed by atoms with Crippen LogP contribution in [-0.2, 0) is 0 Å². The van der Waals surface area contributed by atoms with E-state index in [9.17, 15) is 5.26 Å². The van der Waals surface area contributed by atoms with Crippen molar-refractivity contribution in [1.82, 2.24) is 0 Å². The highest BCUT2D eigenvalue weighted by Gasteiger charge is 2.31. The predicted octanol–water partition coefficient (Wildman–Crippen LogP) is 3.67. The molecule has 0 fully saturated rings. The number of fused-ring (bicyclic) bond motifs is 1. The molecule has 1 atom stereocenters. The molecule has 27 heavy (non-hydrogen) atoms. The van der Waals surface area contributed by atoms with Gasteiger partial charge in [-0.15, -0.1) is 0 Å². The van der Waals surface area contributed by atoms with Crippen molar-refractivity contribution in [3.05, 3.63) is 59.0 Å². The van der Waals surface area contributed by atoms with Crippen molar-refractivity contribution in [3.63, 3.8) is 0 Å². The second-order valence-corrected chi connectivity index (χ2v) is 6.21. The third-order valence-corrected chi connectivity index (χ3v) is 4.31. The van der Waals surface area contributed by atoms with E-state index in [-0.39, 0.29) is 11.8 Å². The second-order valence-electron chi connectivity index (χ2n) is 6.21. The summed E-state index contributed by atoms with van der Waals surface area (Å²) < 4.78 is 17.2. The third-order valence-electron chi connectivity index (χ3n) is 4.31. The molecular weight excluding hydrogens is 342 g/mol. The number of ether oxygens (including phenoxy) is 3.